The predicted octanol–water partition coefficient (Wildman–Crippen LogP) is -1.48. The van der Waals surface area contributed by atoms with E-state index < -0.39 is 41.5 Å². The van der Waals surface area contributed by atoms with Crippen LogP contribution in [-0.4, -0.2) is 84.6 Å². The normalized spacial score (nSPS) is 15.9. The third-order valence-corrected chi connectivity index (χ3v) is 4.35. The van der Waals surface area contributed by atoms with Crippen LogP contribution in [-0.2, 0) is 52.7 Å². The maximum absolute atomic E-state index is 11.7. The number of nitrogens with one attached hydrogen (secondary N) is 1. The Hall–Kier alpha value is -3.39. The van der Waals surface area contributed by atoms with Crippen molar-refractivity contribution in [3.8, 4) is 0 Å². The van der Waals surface area contributed by atoms with E-state index in [0.717, 1.165) is 0 Å². The quantitative estimate of drug-likeness (QED) is 0.231. The highest BCUT2D eigenvalue weighted by molar-refractivity contribution is 6.02. The number of carbonyl (C=O) groups excluding carboxylic acids is 7. The Morgan fingerprint density at radius 1 is 0.636 bits per heavy atom. The van der Waals surface area contributed by atoms with Crippen LogP contribution in [0.2, 0.25) is 0 Å². The zero-order chi connectivity index (χ0) is 24.2. The van der Waals surface area contributed by atoms with Crippen LogP contribution < -0.4 is 5.32 Å². The number of rotatable bonds is 14. The molecule has 0 aromatic carbocycles. The molecule has 0 bridgehead atoms. The average Bonchev–Trinajstić information content (AvgIpc) is 3.26. The van der Waals surface area contributed by atoms with Gasteiger partial charge in [0.1, 0.15) is 0 Å². The van der Waals surface area contributed by atoms with Gasteiger partial charge in [-0.15, -0.1) is 10.1 Å². The van der Waals surface area contributed by atoms with Gasteiger partial charge >= 0.3 is 11.9 Å². The van der Waals surface area contributed by atoms with Crippen LogP contribution >= 0.6 is 0 Å². The highest BCUT2D eigenvalue weighted by Crippen LogP contribution is 2.13. The van der Waals surface area contributed by atoms with E-state index in [4.69, 9.17) is 9.47 Å². The van der Waals surface area contributed by atoms with Crippen molar-refractivity contribution in [2.45, 2.75) is 44.9 Å². The fourth-order valence-corrected chi connectivity index (χ4v) is 2.65. The lowest BCUT2D eigenvalue weighted by Gasteiger charge is -2.12. The molecule has 0 spiro atoms. The zero-order valence-electron chi connectivity index (χ0n) is 17.9. The molecule has 33 heavy (non-hydrogen) atoms. The molecular weight excluding hydrogens is 446 g/mol. The molecule has 0 aliphatic carbocycles. The van der Waals surface area contributed by atoms with Gasteiger partial charge in [0.05, 0.1) is 39.3 Å². The second kappa shape index (κ2) is 13.2. The van der Waals surface area contributed by atoms with E-state index in [1.807, 2.05) is 0 Å². The number of nitrogens with zero attached hydrogens (tertiary/aromatic N) is 2. The lowest BCUT2D eigenvalue weighted by molar-refractivity contribution is -0.198. The molecule has 0 aromatic heterocycles. The van der Waals surface area contributed by atoms with Crippen molar-refractivity contribution in [1.82, 2.24) is 15.4 Å². The van der Waals surface area contributed by atoms with Crippen LogP contribution in [0.25, 0.3) is 0 Å². The molecule has 0 radical (unpaired) electrons. The van der Waals surface area contributed by atoms with Crippen molar-refractivity contribution >= 4 is 41.5 Å². The summed E-state index contributed by atoms with van der Waals surface area (Å²) >= 11 is 0. The number of imide groups is 2. The van der Waals surface area contributed by atoms with Gasteiger partial charge in [-0.3, -0.25) is 24.0 Å². The first kappa shape index (κ1) is 25.9. The molecule has 2 rings (SSSR count). The van der Waals surface area contributed by atoms with Crippen molar-refractivity contribution in [2.24, 2.45) is 0 Å². The minimum atomic E-state index is -0.857. The number of carbonyl (C=O) groups is 7. The van der Waals surface area contributed by atoms with Crippen molar-refractivity contribution in [1.29, 1.82) is 0 Å². The highest BCUT2D eigenvalue weighted by atomic mass is 16.7. The Bertz CT molecular complexity index is 766. The van der Waals surface area contributed by atoms with E-state index in [9.17, 15) is 33.6 Å². The van der Waals surface area contributed by atoms with Crippen molar-refractivity contribution < 1.29 is 52.7 Å². The molecule has 1 N–H and O–H groups in total. The molecule has 0 atom stereocenters. The molecular formula is C19H25N3O11. The summed E-state index contributed by atoms with van der Waals surface area (Å²) in [5, 5.41) is 3.42. The monoisotopic (exact) mass is 471 g/mol. The Morgan fingerprint density at radius 3 is 1.61 bits per heavy atom. The van der Waals surface area contributed by atoms with Crippen molar-refractivity contribution in [3.05, 3.63) is 0 Å². The molecule has 2 heterocycles. The molecule has 2 aliphatic rings. The minimum absolute atomic E-state index is 0.00670. The van der Waals surface area contributed by atoms with Crippen LogP contribution in [0.1, 0.15) is 44.9 Å². The SMILES string of the molecule is O=C(CCC(=O)ON1C(=O)CCC1=O)NCCOCCOCCC(=O)ON1C(=O)CCC1=O. The van der Waals surface area contributed by atoms with Crippen LogP contribution in [0.5, 0.6) is 0 Å². The maximum Gasteiger partial charge on any atom is 0.335 e. The van der Waals surface area contributed by atoms with Gasteiger partial charge in [-0.1, -0.05) is 0 Å². The van der Waals surface area contributed by atoms with Crippen molar-refractivity contribution in [3.63, 3.8) is 0 Å². The number of amides is 5. The Balaban J connectivity index is 1.40. The average molecular weight is 471 g/mol. The predicted molar refractivity (Wildman–Crippen MR) is 103 cm³/mol. The largest absolute Gasteiger partial charge is 0.378 e. The molecule has 5 amide bonds. The lowest BCUT2D eigenvalue weighted by atomic mass is 10.3. The topological polar surface area (TPSA) is 175 Å². The third-order valence-electron chi connectivity index (χ3n) is 4.35. The van der Waals surface area contributed by atoms with E-state index in [1.54, 1.807) is 0 Å². The molecule has 2 saturated heterocycles. The van der Waals surface area contributed by atoms with E-state index in [0.29, 0.717) is 10.1 Å². The van der Waals surface area contributed by atoms with Gasteiger partial charge in [-0.25, -0.2) is 9.59 Å². The molecule has 14 nitrogen and oxygen atoms in total. The molecule has 0 aromatic rings. The van der Waals surface area contributed by atoms with E-state index in [-0.39, 0.29) is 77.9 Å². The third kappa shape index (κ3) is 8.94. The number of hydrogen-bond donors (Lipinski definition) is 1. The Kier molecular flexibility index (Phi) is 10.4. The fraction of sp³-hybridized carbons (Fsp3) is 0.632. The first-order valence-electron chi connectivity index (χ1n) is 10.3. The van der Waals surface area contributed by atoms with Crippen LogP contribution in [0.3, 0.4) is 0 Å². The van der Waals surface area contributed by atoms with Crippen molar-refractivity contribution in [2.75, 3.05) is 33.0 Å². The summed E-state index contributed by atoms with van der Waals surface area (Å²) in [7, 11) is 0. The summed E-state index contributed by atoms with van der Waals surface area (Å²) in [4.78, 5) is 89.5. The van der Waals surface area contributed by atoms with E-state index in [2.05, 4.69) is 15.0 Å². The number of hydrogen-bond acceptors (Lipinski definition) is 11. The van der Waals surface area contributed by atoms with Gasteiger partial charge in [0.2, 0.25) is 5.91 Å². The zero-order valence-corrected chi connectivity index (χ0v) is 17.9. The summed E-state index contributed by atoms with van der Waals surface area (Å²) in [6.07, 6.45) is -0.578. The van der Waals surface area contributed by atoms with Gasteiger partial charge in [-0.05, 0) is 0 Å². The maximum atomic E-state index is 11.7. The lowest BCUT2D eigenvalue weighted by Crippen LogP contribution is -2.33. The summed E-state index contributed by atoms with van der Waals surface area (Å²) in [5.41, 5.74) is 0. The number of ether oxygens (including phenoxy) is 2. The Labute approximate surface area is 188 Å². The van der Waals surface area contributed by atoms with E-state index in [1.165, 1.54) is 0 Å². The van der Waals surface area contributed by atoms with E-state index >= 15 is 0 Å². The summed E-state index contributed by atoms with van der Waals surface area (Å²) < 4.78 is 10.4. The minimum Gasteiger partial charge on any atom is -0.378 e. The van der Waals surface area contributed by atoms with Gasteiger partial charge in [0.25, 0.3) is 23.6 Å². The molecule has 0 saturated carbocycles. The highest BCUT2D eigenvalue weighted by Gasteiger charge is 2.33. The first-order valence-corrected chi connectivity index (χ1v) is 10.3. The smallest absolute Gasteiger partial charge is 0.335 e. The van der Waals surface area contributed by atoms with Crippen LogP contribution in [0.4, 0.5) is 0 Å². The first-order chi connectivity index (χ1) is 15.8. The van der Waals surface area contributed by atoms with Gasteiger partial charge in [-0.2, -0.15) is 0 Å². The molecule has 0 unspecified atom stereocenters. The molecule has 2 fully saturated rings. The van der Waals surface area contributed by atoms with Crippen LogP contribution in [0.15, 0.2) is 0 Å². The molecule has 182 valence electrons. The van der Waals surface area contributed by atoms with Crippen LogP contribution in [0, 0.1) is 0 Å². The standard InChI is InChI=1S/C19H25N3O11/c23-13(1-6-18(28)32-21-14(24)2-3-15(21)25)20-8-10-31-12-11-30-9-7-19(29)33-22-16(26)4-5-17(22)27/h1-12H2,(H,20,23). The van der Waals surface area contributed by atoms with Gasteiger partial charge in [0.15, 0.2) is 0 Å². The van der Waals surface area contributed by atoms with Gasteiger partial charge < -0.3 is 24.5 Å². The summed E-state index contributed by atoms with van der Waals surface area (Å²) in [6, 6.07) is 0. The second-order valence-corrected chi connectivity index (χ2v) is 6.91. The molecule has 2 aliphatic heterocycles. The second-order valence-electron chi connectivity index (χ2n) is 6.91. The summed E-state index contributed by atoms with van der Waals surface area (Å²) in [6.45, 7) is 0.736. The summed E-state index contributed by atoms with van der Waals surface area (Å²) in [5.74, 6) is -4.33. The molecule has 14 heteroatoms. The number of hydroxylamine groups is 4. The Morgan fingerprint density at radius 2 is 1.09 bits per heavy atom. The fourth-order valence-electron chi connectivity index (χ4n) is 2.65. The van der Waals surface area contributed by atoms with Gasteiger partial charge in [0, 0.05) is 38.6 Å².